The SMILES string of the molecule is COC(=O)NC1(N=NC2(NC(=O)OC)CCCCC2)CCCCC1. The summed E-state index contributed by atoms with van der Waals surface area (Å²) in [5.74, 6) is 0. The van der Waals surface area contributed by atoms with Gasteiger partial charge in [0.15, 0.2) is 11.3 Å². The van der Waals surface area contributed by atoms with Gasteiger partial charge in [-0.1, -0.05) is 12.8 Å². The van der Waals surface area contributed by atoms with Crippen LogP contribution in [0.1, 0.15) is 64.2 Å². The average Bonchev–Trinajstić information content (AvgIpc) is 2.61. The molecule has 2 N–H and O–H groups in total. The molecule has 0 bridgehead atoms. The predicted molar refractivity (Wildman–Crippen MR) is 87.6 cm³/mol. The predicted octanol–water partition coefficient (Wildman–Crippen LogP) is 3.47. The molecule has 2 aliphatic rings. The van der Waals surface area contributed by atoms with Gasteiger partial charge in [0.1, 0.15) is 0 Å². The van der Waals surface area contributed by atoms with Crippen LogP contribution in [0.3, 0.4) is 0 Å². The molecule has 0 aromatic rings. The van der Waals surface area contributed by atoms with Crippen LogP contribution in [0.2, 0.25) is 0 Å². The van der Waals surface area contributed by atoms with E-state index in [0.29, 0.717) is 0 Å². The zero-order valence-corrected chi connectivity index (χ0v) is 14.6. The highest BCUT2D eigenvalue weighted by atomic mass is 16.5. The van der Waals surface area contributed by atoms with Crippen LogP contribution >= 0.6 is 0 Å². The second-order valence-corrected chi connectivity index (χ2v) is 6.62. The van der Waals surface area contributed by atoms with E-state index in [9.17, 15) is 9.59 Å². The Hall–Kier alpha value is -1.86. The largest absolute Gasteiger partial charge is 0.453 e. The summed E-state index contributed by atoms with van der Waals surface area (Å²) in [7, 11) is 2.68. The summed E-state index contributed by atoms with van der Waals surface area (Å²) < 4.78 is 9.47. The Kier molecular flexibility index (Phi) is 6.39. The Morgan fingerprint density at radius 1 is 0.708 bits per heavy atom. The summed E-state index contributed by atoms with van der Waals surface area (Å²) in [6.45, 7) is 0. The molecule has 0 spiro atoms. The first-order chi connectivity index (χ1) is 11.5. The zero-order valence-electron chi connectivity index (χ0n) is 14.6. The summed E-state index contributed by atoms with van der Waals surface area (Å²) >= 11 is 0. The first-order valence-corrected chi connectivity index (χ1v) is 8.69. The van der Waals surface area contributed by atoms with E-state index in [1.165, 1.54) is 14.2 Å². The van der Waals surface area contributed by atoms with E-state index < -0.39 is 23.5 Å². The van der Waals surface area contributed by atoms with E-state index >= 15 is 0 Å². The normalized spacial score (nSPS) is 22.6. The van der Waals surface area contributed by atoms with E-state index in [0.717, 1.165) is 64.2 Å². The minimum Gasteiger partial charge on any atom is -0.453 e. The third-order valence-corrected chi connectivity index (χ3v) is 4.83. The maximum atomic E-state index is 11.7. The Labute approximate surface area is 142 Å². The molecule has 2 amide bonds. The lowest BCUT2D eigenvalue weighted by atomic mass is 9.88. The van der Waals surface area contributed by atoms with E-state index in [1.807, 2.05) is 0 Å². The summed E-state index contributed by atoms with van der Waals surface area (Å²) in [6.07, 6.45) is 8.00. The Morgan fingerprint density at radius 3 is 1.33 bits per heavy atom. The van der Waals surface area contributed by atoms with Crippen molar-refractivity contribution in [3.63, 3.8) is 0 Å². The topological polar surface area (TPSA) is 101 Å². The highest BCUT2D eigenvalue weighted by Crippen LogP contribution is 2.34. The number of amides is 2. The van der Waals surface area contributed by atoms with E-state index in [-0.39, 0.29) is 0 Å². The van der Waals surface area contributed by atoms with Crippen molar-refractivity contribution >= 4 is 12.2 Å². The molecule has 2 rings (SSSR count). The average molecular weight is 340 g/mol. The van der Waals surface area contributed by atoms with Crippen molar-refractivity contribution in [2.45, 2.75) is 75.5 Å². The molecule has 24 heavy (non-hydrogen) atoms. The van der Waals surface area contributed by atoms with Crippen molar-refractivity contribution in [3.8, 4) is 0 Å². The van der Waals surface area contributed by atoms with Crippen molar-refractivity contribution < 1.29 is 19.1 Å². The van der Waals surface area contributed by atoms with Crippen molar-refractivity contribution in [2.24, 2.45) is 10.2 Å². The molecule has 0 unspecified atom stereocenters. The smallest absolute Gasteiger partial charge is 0.408 e. The fourth-order valence-electron chi connectivity index (χ4n) is 3.45. The van der Waals surface area contributed by atoms with Crippen molar-refractivity contribution in [1.29, 1.82) is 0 Å². The number of nitrogens with one attached hydrogen (secondary N) is 2. The van der Waals surface area contributed by atoms with Crippen LogP contribution in [0.4, 0.5) is 9.59 Å². The van der Waals surface area contributed by atoms with Gasteiger partial charge in [-0.3, -0.25) is 10.6 Å². The van der Waals surface area contributed by atoms with Crippen LogP contribution in [-0.2, 0) is 9.47 Å². The molecular weight excluding hydrogens is 312 g/mol. The van der Waals surface area contributed by atoms with E-state index in [4.69, 9.17) is 9.47 Å². The number of alkyl carbamates (subject to hydrolysis) is 2. The number of hydrogen-bond donors (Lipinski definition) is 2. The number of methoxy groups -OCH3 is 2. The van der Waals surface area contributed by atoms with Gasteiger partial charge in [0, 0.05) is 0 Å². The standard InChI is InChI=1S/C16H28N4O4/c1-23-13(21)17-15(9-5-3-6-10-15)19-20-16(18-14(22)24-2)11-7-4-8-12-16/h3-12H2,1-2H3,(H,17,21)(H,18,22). The molecular formula is C16H28N4O4. The number of nitrogens with zero attached hydrogens (tertiary/aromatic N) is 2. The lowest BCUT2D eigenvalue weighted by Crippen LogP contribution is -2.51. The Balaban J connectivity index is 2.19. The number of azo groups is 1. The van der Waals surface area contributed by atoms with Crippen LogP contribution in [0.15, 0.2) is 10.2 Å². The molecule has 0 heterocycles. The summed E-state index contributed by atoms with van der Waals surface area (Å²) in [5, 5.41) is 14.7. The maximum absolute atomic E-state index is 11.7. The van der Waals surface area contributed by atoms with Crippen LogP contribution < -0.4 is 10.6 Å². The van der Waals surface area contributed by atoms with Crippen LogP contribution in [0.5, 0.6) is 0 Å². The van der Waals surface area contributed by atoms with E-state index in [1.54, 1.807) is 0 Å². The fourth-order valence-corrected chi connectivity index (χ4v) is 3.45. The van der Waals surface area contributed by atoms with Gasteiger partial charge in [-0.15, -0.1) is 0 Å². The van der Waals surface area contributed by atoms with Crippen LogP contribution in [0, 0.1) is 0 Å². The fraction of sp³-hybridized carbons (Fsp3) is 0.875. The van der Waals surface area contributed by atoms with Crippen molar-refractivity contribution in [1.82, 2.24) is 10.6 Å². The van der Waals surface area contributed by atoms with Gasteiger partial charge in [0.25, 0.3) is 0 Å². The monoisotopic (exact) mass is 340 g/mol. The molecule has 2 aliphatic carbocycles. The molecule has 8 nitrogen and oxygen atoms in total. The minimum absolute atomic E-state index is 0.505. The first kappa shape index (κ1) is 18.5. The van der Waals surface area contributed by atoms with Gasteiger partial charge in [-0.2, -0.15) is 10.2 Å². The minimum atomic E-state index is -0.742. The molecule has 0 saturated heterocycles. The van der Waals surface area contributed by atoms with E-state index in [2.05, 4.69) is 20.9 Å². The lowest BCUT2D eigenvalue weighted by Gasteiger charge is -2.36. The van der Waals surface area contributed by atoms with Crippen LogP contribution in [0.25, 0.3) is 0 Å². The lowest BCUT2D eigenvalue weighted by molar-refractivity contribution is 0.129. The molecule has 0 aromatic heterocycles. The highest BCUT2D eigenvalue weighted by molar-refractivity contribution is 5.68. The molecule has 136 valence electrons. The molecule has 0 atom stereocenters. The molecule has 0 radical (unpaired) electrons. The third-order valence-electron chi connectivity index (χ3n) is 4.83. The number of hydrogen-bond acceptors (Lipinski definition) is 6. The quantitative estimate of drug-likeness (QED) is 0.765. The highest BCUT2D eigenvalue weighted by Gasteiger charge is 2.38. The van der Waals surface area contributed by atoms with Gasteiger partial charge < -0.3 is 9.47 Å². The van der Waals surface area contributed by atoms with Crippen molar-refractivity contribution in [3.05, 3.63) is 0 Å². The molecule has 0 aliphatic heterocycles. The molecule has 2 fully saturated rings. The molecule has 8 heteroatoms. The van der Waals surface area contributed by atoms with Gasteiger partial charge >= 0.3 is 12.2 Å². The van der Waals surface area contributed by atoms with Gasteiger partial charge in [0.05, 0.1) is 14.2 Å². The van der Waals surface area contributed by atoms with Crippen LogP contribution in [-0.4, -0.2) is 37.7 Å². The molecule has 0 aromatic carbocycles. The summed E-state index contributed by atoms with van der Waals surface area (Å²) in [6, 6.07) is 0. The Bertz CT molecular complexity index is 427. The van der Waals surface area contributed by atoms with Gasteiger partial charge in [0.2, 0.25) is 0 Å². The Morgan fingerprint density at radius 2 is 1.04 bits per heavy atom. The first-order valence-electron chi connectivity index (χ1n) is 8.69. The van der Waals surface area contributed by atoms with Gasteiger partial charge in [-0.25, -0.2) is 9.59 Å². The maximum Gasteiger partial charge on any atom is 0.408 e. The second-order valence-electron chi connectivity index (χ2n) is 6.62. The number of ether oxygens (including phenoxy) is 2. The van der Waals surface area contributed by atoms with Crippen molar-refractivity contribution in [2.75, 3.05) is 14.2 Å². The number of carbonyl (C=O) groups is 2. The number of rotatable bonds is 4. The zero-order chi connectivity index (χ0) is 17.5. The third kappa shape index (κ3) is 4.82. The second kappa shape index (κ2) is 8.30. The van der Waals surface area contributed by atoms with Gasteiger partial charge in [-0.05, 0) is 51.4 Å². The summed E-state index contributed by atoms with van der Waals surface area (Å²) in [5.41, 5.74) is -1.48. The number of carbonyl (C=O) groups excluding carboxylic acids is 2. The molecule has 2 saturated carbocycles. The summed E-state index contributed by atoms with van der Waals surface area (Å²) in [4.78, 5) is 23.4.